The summed E-state index contributed by atoms with van der Waals surface area (Å²) in [5, 5.41) is 9.48. The van der Waals surface area contributed by atoms with Gasteiger partial charge in [-0.2, -0.15) is 0 Å². The summed E-state index contributed by atoms with van der Waals surface area (Å²) in [6, 6.07) is 15.2. The van der Waals surface area contributed by atoms with E-state index in [0.29, 0.717) is 6.04 Å². The molecule has 0 radical (unpaired) electrons. The Morgan fingerprint density at radius 2 is 1.92 bits per heavy atom. The molecule has 2 aromatic carbocycles. The van der Waals surface area contributed by atoms with E-state index in [-0.39, 0.29) is 0 Å². The van der Waals surface area contributed by atoms with Gasteiger partial charge in [0.1, 0.15) is 0 Å². The van der Waals surface area contributed by atoms with Crippen LogP contribution in [0.25, 0.3) is 10.9 Å². The number of nitrogens with zero attached hydrogens (tertiary/aromatic N) is 1. The van der Waals surface area contributed by atoms with E-state index in [2.05, 4.69) is 39.5 Å². The molecular formula is C21H22ClN3. The Morgan fingerprint density at radius 1 is 1.04 bits per heavy atom. The molecule has 3 aromatic rings. The second-order valence-corrected chi connectivity index (χ2v) is 7.53. The number of para-hydroxylation sites is 2. The van der Waals surface area contributed by atoms with Gasteiger partial charge in [0.2, 0.25) is 0 Å². The summed E-state index contributed by atoms with van der Waals surface area (Å²) in [6.45, 7) is 3.16. The summed E-state index contributed by atoms with van der Waals surface area (Å²) >= 11 is 6.36. The summed E-state index contributed by atoms with van der Waals surface area (Å²) in [5.41, 5.74) is 7.03. The molecule has 0 saturated carbocycles. The predicted molar refractivity (Wildman–Crippen MR) is 105 cm³/mol. The van der Waals surface area contributed by atoms with Gasteiger partial charge in [0.05, 0.1) is 16.2 Å². The molecule has 1 unspecified atom stereocenters. The smallest absolute Gasteiger partial charge is 0.0637 e. The SMILES string of the molecule is Clc1ccccc1NC1Cc2cccc3c4c(n(c23)C1)CCNCC4. The van der Waals surface area contributed by atoms with Crippen LogP contribution >= 0.6 is 11.6 Å². The monoisotopic (exact) mass is 351 g/mol. The van der Waals surface area contributed by atoms with Crippen molar-refractivity contribution in [3.8, 4) is 0 Å². The van der Waals surface area contributed by atoms with E-state index in [1.807, 2.05) is 18.2 Å². The average molecular weight is 352 g/mol. The highest BCUT2D eigenvalue weighted by molar-refractivity contribution is 6.33. The van der Waals surface area contributed by atoms with Crippen molar-refractivity contribution in [2.75, 3.05) is 18.4 Å². The maximum atomic E-state index is 6.36. The lowest BCUT2D eigenvalue weighted by molar-refractivity contribution is 0.553. The molecule has 1 aromatic heterocycles. The van der Waals surface area contributed by atoms with Crippen LogP contribution in [-0.4, -0.2) is 23.7 Å². The Labute approximate surface area is 153 Å². The third kappa shape index (κ3) is 2.54. The van der Waals surface area contributed by atoms with Crippen LogP contribution in [0.2, 0.25) is 5.02 Å². The van der Waals surface area contributed by atoms with Gasteiger partial charge in [0, 0.05) is 36.6 Å². The zero-order valence-electron chi connectivity index (χ0n) is 14.2. The lowest BCUT2D eigenvalue weighted by Gasteiger charge is -2.28. The van der Waals surface area contributed by atoms with Gasteiger partial charge in [-0.3, -0.25) is 0 Å². The highest BCUT2D eigenvalue weighted by Gasteiger charge is 2.27. The molecule has 3 nitrogen and oxygen atoms in total. The van der Waals surface area contributed by atoms with Gasteiger partial charge in [-0.05, 0) is 42.6 Å². The first-order valence-electron chi connectivity index (χ1n) is 9.15. The lowest BCUT2D eigenvalue weighted by Crippen LogP contribution is -2.32. The van der Waals surface area contributed by atoms with Crippen molar-refractivity contribution in [3.63, 3.8) is 0 Å². The fourth-order valence-electron chi connectivity index (χ4n) is 4.53. The molecule has 0 bridgehead atoms. The second-order valence-electron chi connectivity index (χ2n) is 7.12. The normalized spacial score (nSPS) is 19.5. The van der Waals surface area contributed by atoms with Crippen LogP contribution in [0.5, 0.6) is 0 Å². The van der Waals surface area contributed by atoms with E-state index < -0.39 is 0 Å². The molecule has 2 aliphatic rings. The Hall–Kier alpha value is -1.97. The van der Waals surface area contributed by atoms with Crippen molar-refractivity contribution in [2.24, 2.45) is 0 Å². The van der Waals surface area contributed by atoms with Gasteiger partial charge >= 0.3 is 0 Å². The van der Waals surface area contributed by atoms with Crippen molar-refractivity contribution < 1.29 is 0 Å². The molecule has 0 amide bonds. The molecule has 0 aliphatic carbocycles. The van der Waals surface area contributed by atoms with E-state index >= 15 is 0 Å². The number of nitrogens with one attached hydrogen (secondary N) is 2. The van der Waals surface area contributed by atoms with Crippen molar-refractivity contribution in [2.45, 2.75) is 31.8 Å². The predicted octanol–water partition coefficient (Wildman–Crippen LogP) is 4.02. The van der Waals surface area contributed by atoms with Crippen molar-refractivity contribution >= 4 is 28.2 Å². The van der Waals surface area contributed by atoms with Gasteiger partial charge < -0.3 is 15.2 Å². The fourth-order valence-corrected chi connectivity index (χ4v) is 4.72. The van der Waals surface area contributed by atoms with Crippen LogP contribution in [0.1, 0.15) is 16.8 Å². The first kappa shape index (κ1) is 15.3. The van der Waals surface area contributed by atoms with Crippen molar-refractivity contribution in [1.29, 1.82) is 0 Å². The number of rotatable bonds is 2. The standard InChI is InChI=1S/C21H22ClN3/c22-18-6-1-2-7-19(18)24-15-12-14-4-3-5-17-16-8-10-23-11-9-20(16)25(13-15)21(14)17/h1-7,15,23-24H,8-13H2. The molecule has 5 rings (SSSR count). The Bertz CT molecular complexity index is 944. The molecule has 0 saturated heterocycles. The van der Waals surface area contributed by atoms with Crippen LogP contribution in [0.3, 0.4) is 0 Å². The van der Waals surface area contributed by atoms with E-state index in [9.17, 15) is 0 Å². The van der Waals surface area contributed by atoms with Gasteiger partial charge in [0.25, 0.3) is 0 Å². The van der Waals surface area contributed by atoms with Crippen molar-refractivity contribution in [1.82, 2.24) is 9.88 Å². The Kier molecular flexibility index (Phi) is 3.72. The molecule has 4 heteroatoms. The second kappa shape index (κ2) is 6.08. The molecule has 0 fully saturated rings. The van der Waals surface area contributed by atoms with Gasteiger partial charge in [-0.25, -0.2) is 0 Å². The number of halogens is 1. The highest BCUT2D eigenvalue weighted by atomic mass is 35.5. The lowest BCUT2D eigenvalue weighted by atomic mass is 9.98. The first-order valence-corrected chi connectivity index (χ1v) is 9.52. The Balaban J connectivity index is 1.57. The fraction of sp³-hybridized carbons (Fsp3) is 0.333. The first-order chi connectivity index (χ1) is 12.3. The van der Waals surface area contributed by atoms with Crippen LogP contribution in [0.4, 0.5) is 5.69 Å². The van der Waals surface area contributed by atoms with Crippen LogP contribution < -0.4 is 10.6 Å². The van der Waals surface area contributed by atoms with E-state index in [0.717, 1.165) is 49.6 Å². The molecule has 25 heavy (non-hydrogen) atoms. The van der Waals surface area contributed by atoms with Gasteiger partial charge in [-0.1, -0.05) is 41.9 Å². The number of benzene rings is 2. The minimum Gasteiger partial charge on any atom is -0.379 e. The molecule has 1 atom stereocenters. The number of anilines is 1. The minimum atomic E-state index is 0.366. The molecule has 0 spiro atoms. The van der Waals surface area contributed by atoms with Crippen LogP contribution in [0.15, 0.2) is 42.5 Å². The van der Waals surface area contributed by atoms with Crippen LogP contribution in [-0.2, 0) is 25.8 Å². The zero-order chi connectivity index (χ0) is 16.8. The van der Waals surface area contributed by atoms with E-state index in [1.165, 1.54) is 22.2 Å². The van der Waals surface area contributed by atoms with Crippen LogP contribution in [0, 0.1) is 0 Å². The molecule has 128 valence electrons. The summed E-state index contributed by atoms with van der Waals surface area (Å²) < 4.78 is 2.57. The molecule has 2 aliphatic heterocycles. The third-order valence-electron chi connectivity index (χ3n) is 5.58. The summed E-state index contributed by atoms with van der Waals surface area (Å²) in [6.07, 6.45) is 3.29. The maximum absolute atomic E-state index is 6.36. The summed E-state index contributed by atoms with van der Waals surface area (Å²) in [7, 11) is 0. The number of aromatic nitrogens is 1. The largest absolute Gasteiger partial charge is 0.379 e. The zero-order valence-corrected chi connectivity index (χ0v) is 14.9. The number of hydrogen-bond donors (Lipinski definition) is 2. The number of hydrogen-bond acceptors (Lipinski definition) is 2. The van der Waals surface area contributed by atoms with E-state index in [4.69, 9.17) is 11.6 Å². The van der Waals surface area contributed by atoms with Gasteiger partial charge in [0.15, 0.2) is 0 Å². The summed E-state index contributed by atoms with van der Waals surface area (Å²) in [5.74, 6) is 0. The quantitative estimate of drug-likeness (QED) is 0.730. The maximum Gasteiger partial charge on any atom is 0.0637 e. The topological polar surface area (TPSA) is 29.0 Å². The minimum absolute atomic E-state index is 0.366. The van der Waals surface area contributed by atoms with Gasteiger partial charge in [-0.15, -0.1) is 0 Å². The molecular weight excluding hydrogens is 330 g/mol. The van der Waals surface area contributed by atoms with Crippen molar-refractivity contribution in [3.05, 3.63) is 64.3 Å². The van der Waals surface area contributed by atoms with E-state index in [1.54, 1.807) is 5.56 Å². The molecule has 3 heterocycles. The average Bonchev–Trinajstić information content (AvgIpc) is 2.79. The highest BCUT2D eigenvalue weighted by Crippen LogP contribution is 2.35. The molecule has 2 N–H and O–H groups in total. The number of fused-ring (bicyclic) bond motifs is 3. The Morgan fingerprint density at radius 3 is 2.84 bits per heavy atom. The summed E-state index contributed by atoms with van der Waals surface area (Å²) in [4.78, 5) is 0. The third-order valence-corrected chi connectivity index (χ3v) is 5.91.